The van der Waals surface area contributed by atoms with Crippen LogP contribution in [0.15, 0.2) is 18.2 Å². The second-order valence-corrected chi connectivity index (χ2v) is 5.86. The van der Waals surface area contributed by atoms with Crippen molar-refractivity contribution in [2.45, 2.75) is 51.5 Å². The van der Waals surface area contributed by atoms with E-state index >= 15 is 0 Å². The van der Waals surface area contributed by atoms with Crippen LogP contribution in [-0.2, 0) is 0 Å². The number of nitrogens with zero attached hydrogens (tertiary/aromatic N) is 2. The molecule has 3 rings (SSSR count). The van der Waals surface area contributed by atoms with E-state index in [1.807, 2.05) is 0 Å². The van der Waals surface area contributed by atoms with Crippen LogP contribution in [0.1, 0.15) is 45.4 Å². The summed E-state index contributed by atoms with van der Waals surface area (Å²) >= 11 is 0. The van der Waals surface area contributed by atoms with Crippen molar-refractivity contribution in [2.24, 2.45) is 5.92 Å². The minimum atomic E-state index is 0.742. The number of hydrogen-bond acceptors (Lipinski definition) is 3. The third kappa shape index (κ3) is 2.70. The molecule has 1 aliphatic heterocycles. The van der Waals surface area contributed by atoms with Crippen molar-refractivity contribution in [3.63, 3.8) is 0 Å². The topological polar surface area (TPSA) is 28.2 Å². The number of hydrogen-bond donors (Lipinski definition) is 1. The van der Waals surface area contributed by atoms with Crippen LogP contribution in [0.2, 0.25) is 0 Å². The summed E-state index contributed by atoms with van der Waals surface area (Å²) in [6.07, 6.45) is 8.40. The Labute approximate surface area is 116 Å². The first kappa shape index (κ1) is 12.8. The van der Waals surface area contributed by atoms with E-state index in [9.17, 15) is 0 Å². The van der Waals surface area contributed by atoms with E-state index in [-0.39, 0.29) is 0 Å². The zero-order chi connectivity index (χ0) is 13.1. The Hall–Kier alpha value is -1.25. The molecule has 2 heterocycles. The number of pyridine rings is 1. The van der Waals surface area contributed by atoms with E-state index in [0.717, 1.165) is 24.3 Å². The summed E-state index contributed by atoms with van der Waals surface area (Å²) in [6.45, 7) is 4.23. The van der Waals surface area contributed by atoms with Crippen molar-refractivity contribution in [3.05, 3.63) is 18.2 Å². The van der Waals surface area contributed by atoms with Crippen molar-refractivity contribution >= 4 is 11.6 Å². The van der Waals surface area contributed by atoms with Gasteiger partial charge in [-0.3, -0.25) is 0 Å². The van der Waals surface area contributed by atoms with Gasteiger partial charge in [-0.25, -0.2) is 4.98 Å². The molecule has 0 radical (unpaired) electrons. The van der Waals surface area contributed by atoms with Crippen LogP contribution >= 0.6 is 0 Å². The van der Waals surface area contributed by atoms with Crippen LogP contribution in [0.4, 0.5) is 11.6 Å². The molecule has 0 aromatic carbocycles. The Morgan fingerprint density at radius 1 is 1.21 bits per heavy atom. The SMILES string of the molecule is CCNc1cccc(N2CCCC2C2CCCC2)n1. The summed E-state index contributed by atoms with van der Waals surface area (Å²) in [6, 6.07) is 7.11. The molecule has 2 fully saturated rings. The summed E-state index contributed by atoms with van der Waals surface area (Å²) < 4.78 is 0. The summed E-state index contributed by atoms with van der Waals surface area (Å²) in [5.74, 6) is 3.09. The molecule has 1 saturated carbocycles. The smallest absolute Gasteiger partial charge is 0.131 e. The van der Waals surface area contributed by atoms with Crippen LogP contribution in [-0.4, -0.2) is 24.1 Å². The number of rotatable bonds is 4. The first-order chi connectivity index (χ1) is 9.38. The number of aromatic nitrogens is 1. The highest BCUT2D eigenvalue weighted by Gasteiger charge is 2.33. The molecule has 104 valence electrons. The van der Waals surface area contributed by atoms with Crippen LogP contribution in [0.5, 0.6) is 0 Å². The molecule has 19 heavy (non-hydrogen) atoms. The van der Waals surface area contributed by atoms with Gasteiger partial charge in [-0.2, -0.15) is 0 Å². The van der Waals surface area contributed by atoms with Crippen LogP contribution in [0.3, 0.4) is 0 Å². The van der Waals surface area contributed by atoms with Gasteiger partial charge in [0.25, 0.3) is 0 Å². The van der Waals surface area contributed by atoms with E-state index in [4.69, 9.17) is 4.98 Å². The predicted octanol–water partition coefficient (Wildman–Crippen LogP) is 3.67. The van der Waals surface area contributed by atoms with E-state index < -0.39 is 0 Å². The summed E-state index contributed by atoms with van der Waals surface area (Å²) in [4.78, 5) is 7.35. The van der Waals surface area contributed by atoms with Gasteiger partial charge in [-0.15, -0.1) is 0 Å². The highest BCUT2D eigenvalue weighted by molar-refractivity contribution is 5.48. The molecule has 1 unspecified atom stereocenters. The Kier molecular flexibility index (Phi) is 3.90. The summed E-state index contributed by atoms with van der Waals surface area (Å²) in [5, 5.41) is 3.32. The molecule has 1 saturated heterocycles. The largest absolute Gasteiger partial charge is 0.370 e. The monoisotopic (exact) mass is 259 g/mol. The second kappa shape index (κ2) is 5.81. The minimum Gasteiger partial charge on any atom is -0.370 e. The average Bonchev–Trinajstić information content (AvgIpc) is 3.10. The Morgan fingerprint density at radius 2 is 2.05 bits per heavy atom. The normalized spacial score (nSPS) is 24.1. The summed E-state index contributed by atoms with van der Waals surface area (Å²) in [7, 11) is 0. The van der Waals surface area contributed by atoms with Gasteiger partial charge in [-0.05, 0) is 50.7 Å². The lowest BCUT2D eigenvalue weighted by molar-refractivity contribution is 0.429. The van der Waals surface area contributed by atoms with Crippen molar-refractivity contribution in [1.82, 2.24) is 4.98 Å². The highest BCUT2D eigenvalue weighted by atomic mass is 15.2. The zero-order valence-corrected chi connectivity index (χ0v) is 11.9. The maximum atomic E-state index is 4.78. The lowest BCUT2D eigenvalue weighted by Gasteiger charge is -2.30. The second-order valence-electron chi connectivity index (χ2n) is 5.86. The molecule has 1 aromatic heterocycles. The van der Waals surface area contributed by atoms with Gasteiger partial charge in [0.2, 0.25) is 0 Å². The molecular weight excluding hydrogens is 234 g/mol. The maximum Gasteiger partial charge on any atom is 0.131 e. The highest BCUT2D eigenvalue weighted by Crippen LogP contribution is 2.37. The van der Waals surface area contributed by atoms with Gasteiger partial charge in [0.1, 0.15) is 11.6 Å². The number of anilines is 2. The fraction of sp³-hybridized carbons (Fsp3) is 0.688. The molecule has 1 aromatic rings. The average molecular weight is 259 g/mol. The Balaban J connectivity index is 1.77. The Morgan fingerprint density at radius 3 is 2.84 bits per heavy atom. The standard InChI is InChI=1S/C16H25N3/c1-2-17-15-10-5-11-16(18-15)19-12-6-9-14(19)13-7-3-4-8-13/h5,10-11,13-14H,2-4,6-9,12H2,1H3,(H,17,18). The molecular formula is C16H25N3. The third-order valence-corrected chi connectivity index (χ3v) is 4.63. The van der Waals surface area contributed by atoms with E-state index in [1.54, 1.807) is 0 Å². The first-order valence-electron chi connectivity index (χ1n) is 7.86. The fourth-order valence-electron chi connectivity index (χ4n) is 3.77. The molecule has 2 aliphatic rings. The molecule has 3 nitrogen and oxygen atoms in total. The molecule has 1 atom stereocenters. The van der Waals surface area contributed by atoms with Crippen LogP contribution in [0, 0.1) is 5.92 Å². The van der Waals surface area contributed by atoms with E-state index in [0.29, 0.717) is 0 Å². The van der Waals surface area contributed by atoms with Gasteiger partial charge in [-0.1, -0.05) is 18.9 Å². The van der Waals surface area contributed by atoms with Gasteiger partial charge in [0, 0.05) is 19.1 Å². The van der Waals surface area contributed by atoms with Crippen molar-refractivity contribution < 1.29 is 0 Å². The maximum absolute atomic E-state index is 4.78. The molecule has 0 amide bonds. The van der Waals surface area contributed by atoms with Gasteiger partial charge in [0.15, 0.2) is 0 Å². The fourth-order valence-corrected chi connectivity index (χ4v) is 3.77. The lowest BCUT2D eigenvalue weighted by Crippen LogP contribution is -2.35. The molecule has 1 N–H and O–H groups in total. The number of nitrogens with one attached hydrogen (secondary N) is 1. The predicted molar refractivity (Wildman–Crippen MR) is 80.7 cm³/mol. The van der Waals surface area contributed by atoms with Crippen molar-refractivity contribution in [3.8, 4) is 0 Å². The molecule has 0 spiro atoms. The lowest BCUT2D eigenvalue weighted by atomic mass is 9.96. The van der Waals surface area contributed by atoms with Gasteiger partial charge >= 0.3 is 0 Å². The quantitative estimate of drug-likeness (QED) is 0.894. The van der Waals surface area contributed by atoms with Gasteiger partial charge < -0.3 is 10.2 Å². The third-order valence-electron chi connectivity index (χ3n) is 4.63. The van der Waals surface area contributed by atoms with E-state index in [1.165, 1.54) is 50.9 Å². The zero-order valence-electron chi connectivity index (χ0n) is 11.9. The van der Waals surface area contributed by atoms with Crippen molar-refractivity contribution in [2.75, 3.05) is 23.3 Å². The first-order valence-corrected chi connectivity index (χ1v) is 7.86. The molecule has 3 heteroatoms. The van der Waals surface area contributed by atoms with E-state index in [2.05, 4.69) is 35.3 Å². The molecule has 0 bridgehead atoms. The summed E-state index contributed by atoms with van der Waals surface area (Å²) in [5.41, 5.74) is 0. The Bertz CT molecular complexity index is 412. The van der Waals surface area contributed by atoms with Crippen LogP contribution in [0.25, 0.3) is 0 Å². The minimum absolute atomic E-state index is 0.742. The van der Waals surface area contributed by atoms with Crippen LogP contribution < -0.4 is 10.2 Å². The van der Waals surface area contributed by atoms with Crippen molar-refractivity contribution in [1.29, 1.82) is 0 Å². The van der Waals surface area contributed by atoms with Gasteiger partial charge in [0.05, 0.1) is 0 Å². The molecule has 1 aliphatic carbocycles.